The molecule has 4 nitrogen and oxygen atoms in total. The third-order valence-electron chi connectivity index (χ3n) is 2.61. The Morgan fingerprint density at radius 1 is 1.38 bits per heavy atom. The summed E-state index contributed by atoms with van der Waals surface area (Å²) in [5.74, 6) is 0.917. The van der Waals surface area contributed by atoms with Crippen molar-refractivity contribution in [1.82, 2.24) is 0 Å². The zero-order valence-electron chi connectivity index (χ0n) is 9.16. The first-order valence-corrected chi connectivity index (χ1v) is 5.56. The van der Waals surface area contributed by atoms with E-state index in [0.717, 1.165) is 29.8 Å². The molecular weight excluding hydrogens is 204 g/mol. The maximum Gasteiger partial charge on any atom is 0.224 e. The molecule has 0 fully saturated rings. The topological polar surface area (TPSA) is 64.3 Å². The van der Waals surface area contributed by atoms with Crippen molar-refractivity contribution in [3.8, 4) is 5.75 Å². The number of nitrogens with two attached hydrogens (primary N) is 1. The third-order valence-corrected chi connectivity index (χ3v) is 2.61. The molecule has 2 rings (SSSR count). The smallest absolute Gasteiger partial charge is 0.224 e. The van der Waals surface area contributed by atoms with Crippen LogP contribution in [0.5, 0.6) is 5.75 Å². The minimum Gasteiger partial charge on any atom is -0.492 e. The van der Waals surface area contributed by atoms with Gasteiger partial charge in [-0.15, -0.1) is 0 Å². The van der Waals surface area contributed by atoms with Crippen LogP contribution < -0.4 is 15.8 Å². The highest BCUT2D eigenvalue weighted by molar-refractivity contribution is 5.92. The molecule has 0 radical (unpaired) electrons. The van der Waals surface area contributed by atoms with Crippen LogP contribution in [0.1, 0.15) is 18.4 Å². The molecule has 0 aromatic heterocycles. The maximum absolute atomic E-state index is 11.4. The number of amides is 1. The summed E-state index contributed by atoms with van der Waals surface area (Å²) >= 11 is 0. The molecule has 86 valence electrons. The Hall–Kier alpha value is -1.55. The minimum absolute atomic E-state index is 0.0784. The van der Waals surface area contributed by atoms with Crippen LogP contribution in [0.2, 0.25) is 0 Å². The molecular formula is C12H16N2O2. The summed E-state index contributed by atoms with van der Waals surface area (Å²) in [5.41, 5.74) is 7.37. The highest BCUT2D eigenvalue weighted by Gasteiger charge is 2.15. The van der Waals surface area contributed by atoms with Crippen molar-refractivity contribution < 1.29 is 9.53 Å². The number of nitrogens with one attached hydrogen (secondary N) is 1. The van der Waals surface area contributed by atoms with E-state index in [0.29, 0.717) is 19.6 Å². The molecule has 1 aliphatic rings. The van der Waals surface area contributed by atoms with E-state index in [-0.39, 0.29) is 5.91 Å². The molecule has 1 aliphatic heterocycles. The van der Waals surface area contributed by atoms with E-state index in [4.69, 9.17) is 10.5 Å². The second-order valence-corrected chi connectivity index (χ2v) is 3.82. The number of fused-ring (bicyclic) bond motifs is 1. The van der Waals surface area contributed by atoms with Crippen molar-refractivity contribution in [3.05, 3.63) is 23.8 Å². The van der Waals surface area contributed by atoms with Crippen molar-refractivity contribution in [2.45, 2.75) is 19.3 Å². The summed E-state index contributed by atoms with van der Waals surface area (Å²) in [5, 5.41) is 2.89. The van der Waals surface area contributed by atoms with Crippen LogP contribution in [0.15, 0.2) is 18.2 Å². The number of ether oxygens (including phenoxy) is 1. The highest BCUT2D eigenvalue weighted by Crippen LogP contribution is 2.30. The number of carbonyl (C=O) groups is 1. The molecule has 0 aliphatic carbocycles. The van der Waals surface area contributed by atoms with Gasteiger partial charge in [-0.3, -0.25) is 4.79 Å². The van der Waals surface area contributed by atoms with Gasteiger partial charge >= 0.3 is 0 Å². The monoisotopic (exact) mass is 220 g/mol. The first-order valence-electron chi connectivity index (χ1n) is 5.56. The summed E-state index contributed by atoms with van der Waals surface area (Å²) in [6.07, 6.45) is 2.31. The maximum atomic E-state index is 11.4. The zero-order valence-corrected chi connectivity index (χ0v) is 9.16. The second kappa shape index (κ2) is 4.99. The van der Waals surface area contributed by atoms with Crippen molar-refractivity contribution in [3.63, 3.8) is 0 Å². The molecule has 16 heavy (non-hydrogen) atoms. The third kappa shape index (κ3) is 2.33. The number of anilines is 1. The number of hydrogen-bond acceptors (Lipinski definition) is 3. The van der Waals surface area contributed by atoms with Gasteiger partial charge < -0.3 is 15.8 Å². The van der Waals surface area contributed by atoms with Crippen molar-refractivity contribution in [2.24, 2.45) is 5.73 Å². The largest absolute Gasteiger partial charge is 0.492 e. The van der Waals surface area contributed by atoms with Gasteiger partial charge in [-0.1, -0.05) is 6.07 Å². The standard InChI is InChI=1S/C12H16N2O2/c13-7-8-16-11-5-2-4-10-9(11)3-1-6-12(15)14-10/h2,4-5H,1,3,6-8,13H2,(H,14,15). The molecule has 0 saturated carbocycles. The quantitative estimate of drug-likeness (QED) is 0.807. The van der Waals surface area contributed by atoms with E-state index in [1.807, 2.05) is 18.2 Å². The summed E-state index contributed by atoms with van der Waals surface area (Å²) in [6, 6.07) is 5.72. The molecule has 1 aromatic rings. The fourth-order valence-electron chi connectivity index (χ4n) is 1.88. The highest BCUT2D eigenvalue weighted by atomic mass is 16.5. The first kappa shape index (κ1) is 11.0. The van der Waals surface area contributed by atoms with Gasteiger partial charge in [0.1, 0.15) is 12.4 Å². The average molecular weight is 220 g/mol. The van der Waals surface area contributed by atoms with Crippen molar-refractivity contribution in [1.29, 1.82) is 0 Å². The van der Waals surface area contributed by atoms with Gasteiger partial charge in [-0.2, -0.15) is 0 Å². The molecule has 1 aromatic carbocycles. The van der Waals surface area contributed by atoms with Crippen LogP contribution in [0.25, 0.3) is 0 Å². The Morgan fingerprint density at radius 3 is 3.06 bits per heavy atom. The number of benzene rings is 1. The van der Waals surface area contributed by atoms with Crippen LogP contribution in [-0.4, -0.2) is 19.1 Å². The number of rotatable bonds is 3. The second-order valence-electron chi connectivity index (χ2n) is 3.82. The molecule has 1 amide bonds. The molecule has 0 saturated heterocycles. The molecule has 1 heterocycles. The Balaban J connectivity index is 2.27. The van der Waals surface area contributed by atoms with Crippen LogP contribution in [-0.2, 0) is 11.2 Å². The molecule has 0 bridgehead atoms. The van der Waals surface area contributed by atoms with Crippen molar-refractivity contribution in [2.75, 3.05) is 18.5 Å². The van der Waals surface area contributed by atoms with E-state index >= 15 is 0 Å². The SMILES string of the molecule is NCCOc1cccc2c1CCCC(=O)N2. The van der Waals surface area contributed by atoms with E-state index in [1.54, 1.807) is 0 Å². The van der Waals surface area contributed by atoms with Crippen LogP contribution in [0.4, 0.5) is 5.69 Å². The molecule has 4 heteroatoms. The Labute approximate surface area is 94.8 Å². The lowest BCUT2D eigenvalue weighted by Crippen LogP contribution is -2.12. The van der Waals surface area contributed by atoms with Crippen LogP contribution in [0, 0.1) is 0 Å². The van der Waals surface area contributed by atoms with Crippen LogP contribution in [0.3, 0.4) is 0 Å². The van der Waals surface area contributed by atoms with Gasteiger partial charge in [-0.05, 0) is 25.0 Å². The van der Waals surface area contributed by atoms with E-state index in [9.17, 15) is 4.79 Å². The van der Waals surface area contributed by atoms with Crippen LogP contribution >= 0.6 is 0 Å². The summed E-state index contributed by atoms with van der Waals surface area (Å²) in [7, 11) is 0. The zero-order chi connectivity index (χ0) is 11.4. The molecule has 0 atom stereocenters. The normalized spacial score (nSPS) is 14.9. The average Bonchev–Trinajstić information content (AvgIpc) is 2.47. The predicted octanol–water partition coefficient (Wildman–Crippen LogP) is 1.30. The lowest BCUT2D eigenvalue weighted by Gasteiger charge is -2.12. The summed E-state index contributed by atoms with van der Waals surface area (Å²) < 4.78 is 5.57. The lowest BCUT2D eigenvalue weighted by atomic mass is 10.1. The lowest BCUT2D eigenvalue weighted by molar-refractivity contribution is -0.116. The van der Waals surface area contributed by atoms with Crippen molar-refractivity contribution >= 4 is 11.6 Å². The fraction of sp³-hybridized carbons (Fsp3) is 0.417. The Bertz CT molecular complexity index is 391. The van der Waals surface area contributed by atoms with E-state index in [2.05, 4.69) is 5.32 Å². The minimum atomic E-state index is 0.0784. The Kier molecular flexibility index (Phi) is 3.41. The van der Waals surface area contributed by atoms with Gasteiger partial charge in [0, 0.05) is 24.2 Å². The fourth-order valence-corrected chi connectivity index (χ4v) is 1.88. The van der Waals surface area contributed by atoms with Gasteiger partial charge in [-0.25, -0.2) is 0 Å². The summed E-state index contributed by atoms with van der Waals surface area (Å²) in [4.78, 5) is 11.4. The Morgan fingerprint density at radius 2 is 2.25 bits per heavy atom. The van der Waals surface area contributed by atoms with E-state index in [1.165, 1.54) is 0 Å². The predicted molar refractivity (Wildman–Crippen MR) is 62.6 cm³/mol. The molecule has 0 unspecified atom stereocenters. The molecule has 0 spiro atoms. The molecule has 3 N–H and O–H groups in total. The van der Waals surface area contributed by atoms with E-state index < -0.39 is 0 Å². The van der Waals surface area contributed by atoms with Gasteiger partial charge in [0.2, 0.25) is 5.91 Å². The van der Waals surface area contributed by atoms with Gasteiger partial charge in [0.15, 0.2) is 0 Å². The first-order chi connectivity index (χ1) is 7.81. The summed E-state index contributed by atoms with van der Waals surface area (Å²) in [6.45, 7) is 1.00. The van der Waals surface area contributed by atoms with Gasteiger partial charge in [0.05, 0.1) is 0 Å². The van der Waals surface area contributed by atoms with Gasteiger partial charge in [0.25, 0.3) is 0 Å². The number of hydrogen-bond donors (Lipinski definition) is 2. The number of carbonyl (C=O) groups excluding carboxylic acids is 1.